The molecule has 0 spiro atoms. The Morgan fingerprint density at radius 1 is 1.03 bits per heavy atom. The van der Waals surface area contributed by atoms with E-state index in [2.05, 4.69) is 26.0 Å². The number of benzene rings is 2. The Morgan fingerprint density at radius 3 is 2.62 bits per heavy atom. The molecule has 0 unspecified atom stereocenters. The van der Waals surface area contributed by atoms with Gasteiger partial charge in [-0.25, -0.2) is 9.97 Å². The van der Waals surface area contributed by atoms with Crippen LogP contribution in [0.4, 0.5) is 17.3 Å². The minimum atomic E-state index is -0.200. The maximum Gasteiger partial charge on any atom is 0.255 e. The van der Waals surface area contributed by atoms with E-state index < -0.39 is 0 Å². The molecular weight excluding hydrogens is 382 g/mol. The van der Waals surface area contributed by atoms with E-state index in [1.165, 1.54) is 0 Å². The van der Waals surface area contributed by atoms with E-state index in [0.29, 0.717) is 29.4 Å². The number of rotatable bonds is 6. The van der Waals surface area contributed by atoms with Crippen molar-refractivity contribution in [1.29, 1.82) is 0 Å². The summed E-state index contributed by atoms with van der Waals surface area (Å²) < 4.78 is 0. The number of anilines is 3. The zero-order valence-electron chi connectivity index (χ0n) is 15.5. The lowest BCUT2D eigenvalue weighted by atomic mass is 10.1. The Labute approximate surface area is 172 Å². The number of para-hydroxylation sites is 2. The largest absolute Gasteiger partial charge is 0.397 e. The number of nitrogen functional groups attached to an aromatic ring is 1. The minimum absolute atomic E-state index is 0.200. The molecular formula is C22H19N5OS. The molecule has 1 amide bonds. The van der Waals surface area contributed by atoms with E-state index >= 15 is 0 Å². The summed E-state index contributed by atoms with van der Waals surface area (Å²) in [6.07, 6.45) is 1.74. The molecule has 0 bridgehead atoms. The van der Waals surface area contributed by atoms with Crippen LogP contribution in [-0.4, -0.2) is 15.9 Å². The Morgan fingerprint density at radius 2 is 1.86 bits per heavy atom. The van der Waals surface area contributed by atoms with Gasteiger partial charge in [-0.1, -0.05) is 24.3 Å². The number of nitrogens with two attached hydrogens (primary N) is 1. The standard InChI is InChI=1S/C22H19N5OS/c23-18-3-1-2-4-20(18)26-21(28)16-7-5-15(6-8-16)13-25-22-24-11-9-19(27-22)17-10-12-29-14-17/h1-12,14H,13,23H2,(H,26,28)(H,24,25,27). The summed E-state index contributed by atoms with van der Waals surface area (Å²) >= 11 is 1.63. The predicted octanol–water partition coefficient (Wildman–Crippen LogP) is 4.65. The molecule has 2 aromatic heterocycles. The summed E-state index contributed by atoms with van der Waals surface area (Å²) in [5, 5.41) is 10.1. The summed E-state index contributed by atoms with van der Waals surface area (Å²) in [7, 11) is 0. The molecule has 2 heterocycles. The molecule has 29 heavy (non-hydrogen) atoms. The fourth-order valence-electron chi connectivity index (χ4n) is 2.78. The molecule has 7 heteroatoms. The Balaban J connectivity index is 1.38. The average Bonchev–Trinajstić information content (AvgIpc) is 3.29. The van der Waals surface area contributed by atoms with Crippen molar-refractivity contribution < 1.29 is 4.79 Å². The van der Waals surface area contributed by atoms with Gasteiger partial charge in [0.2, 0.25) is 5.95 Å². The van der Waals surface area contributed by atoms with Crippen LogP contribution in [0.15, 0.2) is 77.6 Å². The van der Waals surface area contributed by atoms with E-state index in [9.17, 15) is 4.79 Å². The number of thiophene rings is 1. The van der Waals surface area contributed by atoms with Crippen molar-refractivity contribution in [3.63, 3.8) is 0 Å². The van der Waals surface area contributed by atoms with Crippen molar-refractivity contribution >= 4 is 34.6 Å². The fraction of sp³-hybridized carbons (Fsp3) is 0.0455. The Kier molecular flexibility index (Phi) is 5.49. The van der Waals surface area contributed by atoms with E-state index in [-0.39, 0.29) is 5.91 Å². The maximum atomic E-state index is 12.4. The summed E-state index contributed by atoms with van der Waals surface area (Å²) in [5.41, 5.74) is 10.6. The highest BCUT2D eigenvalue weighted by molar-refractivity contribution is 7.08. The molecule has 2 aromatic carbocycles. The summed E-state index contributed by atoms with van der Waals surface area (Å²) in [6.45, 7) is 0.556. The topological polar surface area (TPSA) is 92.9 Å². The molecule has 0 aliphatic carbocycles. The zero-order chi connectivity index (χ0) is 20.1. The number of hydrogen-bond donors (Lipinski definition) is 3. The van der Waals surface area contributed by atoms with Crippen molar-refractivity contribution in [2.24, 2.45) is 0 Å². The monoisotopic (exact) mass is 401 g/mol. The number of carbonyl (C=O) groups is 1. The van der Waals surface area contributed by atoms with Crippen LogP contribution in [0, 0.1) is 0 Å². The number of nitrogens with one attached hydrogen (secondary N) is 2. The Bertz CT molecular complexity index is 1110. The Hall–Kier alpha value is -3.71. The van der Waals surface area contributed by atoms with Crippen LogP contribution in [0.3, 0.4) is 0 Å². The average molecular weight is 401 g/mol. The van der Waals surface area contributed by atoms with Gasteiger partial charge in [0.05, 0.1) is 17.1 Å². The maximum absolute atomic E-state index is 12.4. The number of aromatic nitrogens is 2. The van der Waals surface area contributed by atoms with Gasteiger partial charge in [-0.15, -0.1) is 0 Å². The molecule has 4 rings (SSSR count). The van der Waals surface area contributed by atoms with E-state index in [4.69, 9.17) is 5.73 Å². The minimum Gasteiger partial charge on any atom is -0.397 e. The third kappa shape index (κ3) is 4.59. The number of amides is 1. The van der Waals surface area contributed by atoms with Crippen LogP contribution >= 0.6 is 11.3 Å². The van der Waals surface area contributed by atoms with Gasteiger partial charge in [0.1, 0.15) is 0 Å². The van der Waals surface area contributed by atoms with Crippen molar-refractivity contribution in [3.05, 3.63) is 88.7 Å². The number of carbonyl (C=O) groups excluding carboxylic acids is 1. The number of hydrogen-bond acceptors (Lipinski definition) is 6. The third-order valence-corrected chi connectivity index (χ3v) is 5.03. The normalized spacial score (nSPS) is 10.5. The molecule has 0 aliphatic rings. The van der Waals surface area contributed by atoms with Crippen LogP contribution < -0.4 is 16.4 Å². The summed E-state index contributed by atoms with van der Waals surface area (Å²) in [5.74, 6) is 0.365. The molecule has 4 N–H and O–H groups in total. The second-order valence-electron chi connectivity index (χ2n) is 6.37. The zero-order valence-corrected chi connectivity index (χ0v) is 16.3. The molecule has 4 aromatic rings. The van der Waals surface area contributed by atoms with Crippen molar-refractivity contribution in [3.8, 4) is 11.3 Å². The summed E-state index contributed by atoms with van der Waals surface area (Å²) in [6, 6.07) is 18.5. The first-order valence-corrected chi connectivity index (χ1v) is 9.97. The highest BCUT2D eigenvalue weighted by Crippen LogP contribution is 2.21. The van der Waals surface area contributed by atoms with Crippen molar-refractivity contribution in [2.45, 2.75) is 6.54 Å². The summed E-state index contributed by atoms with van der Waals surface area (Å²) in [4.78, 5) is 21.2. The van der Waals surface area contributed by atoms with E-state index in [1.807, 2.05) is 41.8 Å². The lowest BCUT2D eigenvalue weighted by Crippen LogP contribution is -2.13. The van der Waals surface area contributed by atoms with Gasteiger partial charge in [-0.3, -0.25) is 4.79 Å². The first-order valence-electron chi connectivity index (χ1n) is 9.03. The smallest absolute Gasteiger partial charge is 0.255 e. The molecule has 0 saturated heterocycles. The quantitative estimate of drug-likeness (QED) is 0.409. The van der Waals surface area contributed by atoms with Crippen molar-refractivity contribution in [1.82, 2.24) is 9.97 Å². The van der Waals surface area contributed by atoms with Crippen molar-refractivity contribution in [2.75, 3.05) is 16.4 Å². The van der Waals surface area contributed by atoms with Crippen LogP contribution in [-0.2, 0) is 6.54 Å². The third-order valence-electron chi connectivity index (χ3n) is 4.35. The van der Waals surface area contributed by atoms with Crippen LogP contribution in [0.2, 0.25) is 0 Å². The van der Waals surface area contributed by atoms with Crippen LogP contribution in [0.1, 0.15) is 15.9 Å². The highest BCUT2D eigenvalue weighted by atomic mass is 32.1. The SMILES string of the molecule is Nc1ccccc1NC(=O)c1ccc(CNc2nccc(-c3ccsc3)n2)cc1. The van der Waals surface area contributed by atoms with Gasteiger partial charge >= 0.3 is 0 Å². The number of nitrogens with zero attached hydrogens (tertiary/aromatic N) is 2. The molecule has 6 nitrogen and oxygen atoms in total. The van der Waals surface area contributed by atoms with Crippen LogP contribution in [0.5, 0.6) is 0 Å². The molecule has 0 radical (unpaired) electrons. The van der Waals surface area contributed by atoms with Gasteiger partial charge in [0.25, 0.3) is 5.91 Å². The van der Waals surface area contributed by atoms with Gasteiger partial charge < -0.3 is 16.4 Å². The molecule has 0 fully saturated rings. The van der Waals surface area contributed by atoms with E-state index in [0.717, 1.165) is 16.8 Å². The van der Waals surface area contributed by atoms with Crippen LogP contribution in [0.25, 0.3) is 11.3 Å². The first-order chi connectivity index (χ1) is 14.2. The second kappa shape index (κ2) is 8.53. The second-order valence-corrected chi connectivity index (χ2v) is 7.15. The first kappa shape index (κ1) is 18.6. The highest BCUT2D eigenvalue weighted by Gasteiger charge is 2.08. The van der Waals surface area contributed by atoms with E-state index in [1.54, 1.807) is 41.8 Å². The predicted molar refractivity (Wildman–Crippen MR) is 118 cm³/mol. The lowest BCUT2D eigenvalue weighted by molar-refractivity contribution is 0.102. The lowest BCUT2D eigenvalue weighted by Gasteiger charge is -2.09. The van der Waals surface area contributed by atoms with Gasteiger partial charge in [0, 0.05) is 29.2 Å². The van der Waals surface area contributed by atoms with Gasteiger partial charge in [-0.05, 0) is 47.3 Å². The molecule has 0 aliphatic heterocycles. The van der Waals surface area contributed by atoms with Gasteiger partial charge in [0.15, 0.2) is 0 Å². The van der Waals surface area contributed by atoms with Gasteiger partial charge in [-0.2, -0.15) is 11.3 Å². The molecule has 144 valence electrons. The molecule has 0 atom stereocenters. The fourth-order valence-corrected chi connectivity index (χ4v) is 3.42. The molecule has 0 saturated carbocycles.